The van der Waals surface area contributed by atoms with Crippen LogP contribution in [0, 0.1) is 0 Å². The standard InChI is InChI=1S/C56H54N4O/c1-54(2,3)38-18-10-34(11-19-38)50-42-26-28-44(57-42)51(35-12-20-39(21-13-35)55(4,5)6)46-30-32-48(59-46)53(37-16-24-41(61)25-17-37)49-33-31-47(60-49)52(45-29-27-43(50)58-45)36-14-22-40(23-15-36)56(7,8)9/h10-33,57,60-61H,1-9H3. The molecular formula is C56H54N4O. The van der Waals surface area contributed by atoms with Crippen molar-refractivity contribution in [2.24, 2.45) is 0 Å². The maximum absolute atomic E-state index is 10.3. The van der Waals surface area contributed by atoms with Crippen LogP contribution in [0.3, 0.4) is 0 Å². The van der Waals surface area contributed by atoms with Gasteiger partial charge in [-0.25, -0.2) is 9.97 Å². The number of hydrogen-bond donors (Lipinski definition) is 3. The number of fused-ring (bicyclic) bond motifs is 8. The summed E-state index contributed by atoms with van der Waals surface area (Å²) in [6.45, 7) is 20.2. The molecule has 0 fully saturated rings. The van der Waals surface area contributed by atoms with Crippen molar-refractivity contribution in [1.82, 2.24) is 19.9 Å². The van der Waals surface area contributed by atoms with E-state index < -0.39 is 0 Å². The lowest BCUT2D eigenvalue weighted by molar-refractivity contribution is 0.475. The van der Waals surface area contributed by atoms with Gasteiger partial charge in [0.15, 0.2) is 0 Å². The van der Waals surface area contributed by atoms with Gasteiger partial charge in [0.2, 0.25) is 0 Å². The van der Waals surface area contributed by atoms with E-state index >= 15 is 0 Å². The van der Waals surface area contributed by atoms with Gasteiger partial charge in [0.1, 0.15) is 5.75 Å². The summed E-state index contributed by atoms with van der Waals surface area (Å²) in [4.78, 5) is 18.7. The Morgan fingerprint density at radius 2 is 0.557 bits per heavy atom. The van der Waals surface area contributed by atoms with Crippen molar-refractivity contribution in [1.29, 1.82) is 0 Å². The first-order chi connectivity index (χ1) is 29.0. The summed E-state index contributed by atoms with van der Waals surface area (Å²) in [5.74, 6) is 0.214. The summed E-state index contributed by atoms with van der Waals surface area (Å²) in [6, 6.07) is 42.8. The van der Waals surface area contributed by atoms with E-state index in [-0.39, 0.29) is 22.0 Å². The van der Waals surface area contributed by atoms with Gasteiger partial charge in [0.05, 0.1) is 22.8 Å². The molecule has 2 aliphatic heterocycles. The minimum Gasteiger partial charge on any atom is -0.508 e. The van der Waals surface area contributed by atoms with Crippen LogP contribution in [0.5, 0.6) is 5.75 Å². The number of benzene rings is 4. The molecule has 0 unspecified atom stereocenters. The number of aromatic amines is 2. The van der Waals surface area contributed by atoms with Crippen LogP contribution in [0.15, 0.2) is 121 Å². The number of phenolic OH excluding ortho intramolecular Hbond substituents is 1. The zero-order valence-electron chi connectivity index (χ0n) is 36.7. The summed E-state index contributed by atoms with van der Waals surface area (Å²) in [7, 11) is 0. The molecule has 3 N–H and O–H groups in total. The molecule has 3 aromatic heterocycles. The number of rotatable bonds is 4. The third kappa shape index (κ3) is 7.66. The highest BCUT2D eigenvalue weighted by atomic mass is 16.3. The average Bonchev–Trinajstić information content (AvgIpc) is 4.06. The maximum atomic E-state index is 10.3. The summed E-state index contributed by atoms with van der Waals surface area (Å²) < 4.78 is 0. The second kappa shape index (κ2) is 14.8. The minimum absolute atomic E-state index is 0.0167. The molecule has 0 saturated heterocycles. The van der Waals surface area contributed by atoms with Crippen molar-refractivity contribution < 1.29 is 5.11 Å². The molecule has 5 heteroatoms. The Bertz CT molecular complexity index is 2970. The van der Waals surface area contributed by atoms with Crippen LogP contribution < -0.4 is 0 Å². The van der Waals surface area contributed by atoms with E-state index in [2.05, 4.69) is 194 Å². The fourth-order valence-corrected chi connectivity index (χ4v) is 8.46. The maximum Gasteiger partial charge on any atom is 0.115 e. The quantitative estimate of drug-likeness (QED) is 0.166. The lowest BCUT2D eigenvalue weighted by atomic mass is 9.86. The Morgan fingerprint density at radius 1 is 0.328 bits per heavy atom. The van der Waals surface area contributed by atoms with Gasteiger partial charge in [0, 0.05) is 44.3 Å². The lowest BCUT2D eigenvalue weighted by Crippen LogP contribution is -2.10. The fraction of sp³-hybridized carbons (Fsp3) is 0.214. The molecule has 2 aliphatic rings. The number of aromatic hydroxyl groups is 1. The first kappa shape index (κ1) is 39.7. The van der Waals surface area contributed by atoms with Crippen molar-refractivity contribution in [3.05, 3.63) is 161 Å². The van der Waals surface area contributed by atoms with Gasteiger partial charge in [-0.3, -0.25) is 0 Å². The zero-order chi connectivity index (χ0) is 42.8. The number of phenols is 1. The van der Waals surface area contributed by atoms with Crippen molar-refractivity contribution in [3.8, 4) is 50.3 Å². The normalized spacial score (nSPS) is 12.9. The Hall–Kier alpha value is -6.72. The molecule has 7 aromatic rings. The second-order valence-electron chi connectivity index (χ2n) is 19.5. The van der Waals surface area contributed by atoms with Crippen LogP contribution in [-0.2, 0) is 16.2 Å². The van der Waals surface area contributed by atoms with Gasteiger partial charge in [-0.1, -0.05) is 147 Å². The number of aromatic nitrogens is 4. The van der Waals surface area contributed by atoms with E-state index in [0.29, 0.717) is 0 Å². The molecule has 8 bridgehead atoms. The highest BCUT2D eigenvalue weighted by Gasteiger charge is 2.22. The van der Waals surface area contributed by atoms with Gasteiger partial charge < -0.3 is 15.1 Å². The third-order valence-corrected chi connectivity index (χ3v) is 12.0. The Kier molecular flexibility index (Phi) is 9.62. The Balaban J connectivity index is 1.42. The molecule has 0 spiro atoms. The Morgan fingerprint density at radius 3 is 0.787 bits per heavy atom. The van der Waals surface area contributed by atoms with Crippen LogP contribution in [0.25, 0.3) is 90.9 Å². The molecule has 5 heterocycles. The lowest BCUT2D eigenvalue weighted by Gasteiger charge is -2.19. The van der Waals surface area contributed by atoms with Gasteiger partial charge in [0.25, 0.3) is 0 Å². The number of hydrogen-bond acceptors (Lipinski definition) is 3. The van der Waals surface area contributed by atoms with Crippen LogP contribution in [-0.4, -0.2) is 25.0 Å². The predicted molar refractivity (Wildman–Crippen MR) is 258 cm³/mol. The topological polar surface area (TPSA) is 77.6 Å². The van der Waals surface area contributed by atoms with E-state index in [4.69, 9.17) is 9.97 Å². The third-order valence-electron chi connectivity index (χ3n) is 12.0. The number of nitrogens with zero attached hydrogens (tertiary/aromatic N) is 2. The van der Waals surface area contributed by atoms with E-state index in [0.717, 1.165) is 89.4 Å². The minimum atomic E-state index is 0.0167. The molecule has 9 rings (SSSR count). The van der Waals surface area contributed by atoms with Gasteiger partial charge in [-0.05, 0) is 116 Å². The van der Waals surface area contributed by atoms with Crippen molar-refractivity contribution >= 4 is 46.4 Å². The first-order valence-electron chi connectivity index (χ1n) is 21.3. The molecular weight excluding hydrogens is 745 g/mol. The van der Waals surface area contributed by atoms with E-state index in [1.54, 1.807) is 12.1 Å². The monoisotopic (exact) mass is 798 g/mol. The summed E-state index contributed by atoms with van der Waals surface area (Å²) in [6.07, 6.45) is 8.54. The molecule has 304 valence electrons. The van der Waals surface area contributed by atoms with Crippen LogP contribution in [0.2, 0.25) is 0 Å². The molecule has 0 saturated carbocycles. The van der Waals surface area contributed by atoms with Crippen molar-refractivity contribution in [2.75, 3.05) is 0 Å². The largest absolute Gasteiger partial charge is 0.508 e. The van der Waals surface area contributed by atoms with Crippen molar-refractivity contribution in [3.63, 3.8) is 0 Å². The molecule has 0 amide bonds. The summed E-state index contributed by atoms with van der Waals surface area (Å²) in [5.41, 5.74) is 19.3. The number of H-pyrrole nitrogens is 2. The van der Waals surface area contributed by atoms with Crippen LogP contribution >= 0.6 is 0 Å². The highest BCUT2D eigenvalue weighted by molar-refractivity contribution is 5.99. The first-order valence-corrected chi connectivity index (χ1v) is 21.3. The molecule has 5 nitrogen and oxygen atoms in total. The molecule has 0 radical (unpaired) electrons. The van der Waals surface area contributed by atoms with Gasteiger partial charge >= 0.3 is 0 Å². The van der Waals surface area contributed by atoms with E-state index in [1.807, 2.05) is 12.1 Å². The second-order valence-corrected chi connectivity index (χ2v) is 19.5. The molecule has 0 aliphatic carbocycles. The summed E-state index contributed by atoms with van der Waals surface area (Å²) in [5, 5.41) is 10.3. The zero-order valence-corrected chi connectivity index (χ0v) is 36.7. The van der Waals surface area contributed by atoms with Crippen LogP contribution in [0.4, 0.5) is 0 Å². The fourth-order valence-electron chi connectivity index (χ4n) is 8.46. The van der Waals surface area contributed by atoms with Gasteiger partial charge in [-0.2, -0.15) is 0 Å². The van der Waals surface area contributed by atoms with Crippen LogP contribution in [0.1, 0.15) is 102 Å². The SMILES string of the molecule is CC(C)(C)c1ccc(-c2c3nc(c(-c4ccc(C(C)(C)C)cc4)c4ccc([nH]4)c(-c4ccc(C(C)(C)C)cc4)c4nc(c(-c5ccc(O)cc5)c5ccc2[nH]5)C=C4)C=C3)cc1. The smallest absolute Gasteiger partial charge is 0.115 e. The predicted octanol–water partition coefficient (Wildman–Crippen LogP) is 14.9. The highest BCUT2D eigenvalue weighted by Crippen LogP contribution is 2.40. The number of nitrogens with one attached hydrogen (secondary N) is 2. The molecule has 0 atom stereocenters. The van der Waals surface area contributed by atoms with E-state index in [1.165, 1.54) is 16.7 Å². The average molecular weight is 799 g/mol. The van der Waals surface area contributed by atoms with Crippen molar-refractivity contribution in [2.45, 2.75) is 78.6 Å². The summed E-state index contributed by atoms with van der Waals surface area (Å²) >= 11 is 0. The van der Waals surface area contributed by atoms with E-state index in [9.17, 15) is 5.11 Å². The van der Waals surface area contributed by atoms with Gasteiger partial charge in [-0.15, -0.1) is 0 Å². The molecule has 4 aromatic carbocycles. The Labute approximate surface area is 359 Å². The molecule has 61 heavy (non-hydrogen) atoms.